The highest BCUT2D eigenvalue weighted by molar-refractivity contribution is 7.11. The third kappa shape index (κ3) is 3.81. The van der Waals surface area contributed by atoms with E-state index in [9.17, 15) is 0 Å². The van der Waals surface area contributed by atoms with Crippen molar-refractivity contribution in [1.82, 2.24) is 15.5 Å². The molecule has 1 aliphatic carbocycles. The van der Waals surface area contributed by atoms with Crippen molar-refractivity contribution in [2.45, 2.75) is 51.3 Å². The van der Waals surface area contributed by atoms with Gasteiger partial charge in [-0.1, -0.05) is 0 Å². The molecule has 1 N–H and O–H groups in total. The van der Waals surface area contributed by atoms with Crippen molar-refractivity contribution < 1.29 is 4.74 Å². The lowest BCUT2D eigenvalue weighted by molar-refractivity contribution is 0.111. The van der Waals surface area contributed by atoms with E-state index in [0.717, 1.165) is 35.4 Å². The predicted molar refractivity (Wildman–Crippen MR) is 64.6 cm³/mol. The van der Waals surface area contributed by atoms with Gasteiger partial charge in [-0.3, -0.25) is 0 Å². The van der Waals surface area contributed by atoms with Crippen molar-refractivity contribution in [1.29, 1.82) is 0 Å². The van der Waals surface area contributed by atoms with Gasteiger partial charge in [0.2, 0.25) is 0 Å². The third-order valence-corrected chi connectivity index (χ3v) is 3.78. The van der Waals surface area contributed by atoms with E-state index in [1.165, 1.54) is 12.8 Å². The molecule has 1 fully saturated rings. The number of nitrogens with zero attached hydrogens (tertiary/aromatic N) is 2. The number of nitrogens with one attached hydrogen (secondary N) is 1. The fourth-order valence-corrected chi connectivity index (χ4v) is 2.24. The van der Waals surface area contributed by atoms with Crippen LogP contribution in [0.5, 0.6) is 0 Å². The van der Waals surface area contributed by atoms with Gasteiger partial charge in [-0.15, -0.1) is 21.5 Å². The Labute approximate surface area is 100 Å². The van der Waals surface area contributed by atoms with Crippen LogP contribution in [0.4, 0.5) is 0 Å². The van der Waals surface area contributed by atoms with Crippen LogP contribution in [-0.4, -0.2) is 29.5 Å². The summed E-state index contributed by atoms with van der Waals surface area (Å²) >= 11 is 1.71. The number of ether oxygens (including phenoxy) is 1. The summed E-state index contributed by atoms with van der Waals surface area (Å²) < 4.78 is 5.21. The molecule has 1 unspecified atom stereocenters. The highest BCUT2D eigenvalue weighted by atomic mass is 32.1. The molecule has 1 atom stereocenters. The fraction of sp³-hybridized carbons (Fsp3) is 0.818. The lowest BCUT2D eigenvalue weighted by atomic mass is 10.2. The normalized spacial score (nSPS) is 17.6. The van der Waals surface area contributed by atoms with E-state index in [1.807, 2.05) is 0 Å². The lowest BCUT2D eigenvalue weighted by Crippen LogP contribution is -2.14. The molecule has 1 heterocycles. The number of aryl methyl sites for hydroxylation is 1. The van der Waals surface area contributed by atoms with Crippen LogP contribution in [0, 0.1) is 0 Å². The SMILES string of the molecule is COC(C)CCc1nnc(CNC2CC2)s1. The molecular weight excluding hydrogens is 222 g/mol. The van der Waals surface area contributed by atoms with Gasteiger partial charge in [0.25, 0.3) is 0 Å². The molecule has 2 rings (SSSR count). The Morgan fingerprint density at radius 3 is 2.88 bits per heavy atom. The molecule has 0 aromatic carbocycles. The van der Waals surface area contributed by atoms with E-state index in [1.54, 1.807) is 18.4 Å². The zero-order chi connectivity index (χ0) is 11.4. The molecule has 1 aliphatic rings. The molecule has 5 heteroatoms. The molecular formula is C11H19N3OS. The van der Waals surface area contributed by atoms with Gasteiger partial charge in [0, 0.05) is 26.1 Å². The van der Waals surface area contributed by atoms with Crippen LogP contribution in [0.25, 0.3) is 0 Å². The number of hydrogen-bond donors (Lipinski definition) is 1. The van der Waals surface area contributed by atoms with Crippen molar-refractivity contribution in [3.05, 3.63) is 10.0 Å². The van der Waals surface area contributed by atoms with Crippen LogP contribution < -0.4 is 5.32 Å². The smallest absolute Gasteiger partial charge is 0.131 e. The summed E-state index contributed by atoms with van der Waals surface area (Å²) in [5, 5.41) is 14.0. The van der Waals surface area contributed by atoms with Gasteiger partial charge in [-0.25, -0.2) is 0 Å². The van der Waals surface area contributed by atoms with Gasteiger partial charge in [-0.05, 0) is 26.2 Å². The third-order valence-electron chi connectivity index (χ3n) is 2.80. The largest absolute Gasteiger partial charge is 0.382 e. The standard InChI is InChI=1S/C11H19N3OS/c1-8(15-2)3-6-10-13-14-11(16-10)7-12-9-4-5-9/h8-9,12H,3-7H2,1-2H3. The maximum Gasteiger partial charge on any atom is 0.131 e. The molecule has 0 amide bonds. The molecule has 0 aliphatic heterocycles. The maximum atomic E-state index is 5.21. The minimum Gasteiger partial charge on any atom is -0.382 e. The molecule has 90 valence electrons. The summed E-state index contributed by atoms with van der Waals surface area (Å²) in [7, 11) is 1.75. The molecule has 0 saturated heterocycles. The maximum absolute atomic E-state index is 5.21. The van der Waals surface area contributed by atoms with Crippen LogP contribution in [0.3, 0.4) is 0 Å². The molecule has 16 heavy (non-hydrogen) atoms. The lowest BCUT2D eigenvalue weighted by Gasteiger charge is -2.06. The molecule has 0 spiro atoms. The minimum atomic E-state index is 0.303. The van der Waals surface area contributed by atoms with Gasteiger partial charge in [0.1, 0.15) is 10.0 Å². The van der Waals surface area contributed by atoms with E-state index in [-0.39, 0.29) is 0 Å². The van der Waals surface area contributed by atoms with Crippen LogP contribution in [0.2, 0.25) is 0 Å². The Morgan fingerprint density at radius 2 is 2.19 bits per heavy atom. The van der Waals surface area contributed by atoms with Crippen LogP contribution in [0.15, 0.2) is 0 Å². The first-order chi connectivity index (χ1) is 7.78. The summed E-state index contributed by atoms with van der Waals surface area (Å²) in [6, 6.07) is 0.737. The number of aromatic nitrogens is 2. The first kappa shape index (κ1) is 12.0. The fourth-order valence-electron chi connectivity index (χ4n) is 1.42. The monoisotopic (exact) mass is 241 g/mol. The molecule has 1 saturated carbocycles. The second kappa shape index (κ2) is 5.70. The van der Waals surface area contributed by atoms with Crippen molar-refractivity contribution in [2.24, 2.45) is 0 Å². The Morgan fingerprint density at radius 1 is 1.44 bits per heavy atom. The molecule has 1 aromatic heterocycles. The van der Waals surface area contributed by atoms with Gasteiger partial charge < -0.3 is 10.1 Å². The van der Waals surface area contributed by atoms with Gasteiger partial charge >= 0.3 is 0 Å². The van der Waals surface area contributed by atoms with Crippen molar-refractivity contribution >= 4 is 11.3 Å². The van der Waals surface area contributed by atoms with E-state index < -0.39 is 0 Å². The Hall–Kier alpha value is -0.520. The number of hydrogen-bond acceptors (Lipinski definition) is 5. The zero-order valence-corrected chi connectivity index (χ0v) is 10.7. The van der Waals surface area contributed by atoms with Crippen molar-refractivity contribution in [2.75, 3.05) is 7.11 Å². The minimum absolute atomic E-state index is 0.303. The van der Waals surface area contributed by atoms with Crippen molar-refractivity contribution in [3.8, 4) is 0 Å². The summed E-state index contributed by atoms with van der Waals surface area (Å²) in [5.41, 5.74) is 0. The Balaban J connectivity index is 1.72. The predicted octanol–water partition coefficient (Wildman–Crippen LogP) is 1.76. The quantitative estimate of drug-likeness (QED) is 0.790. The molecule has 1 aromatic rings. The average Bonchev–Trinajstić information content (AvgIpc) is 3.02. The highest BCUT2D eigenvalue weighted by Crippen LogP contribution is 2.20. The topological polar surface area (TPSA) is 47.0 Å². The van der Waals surface area contributed by atoms with Gasteiger partial charge in [0.05, 0.1) is 6.10 Å². The second-order valence-corrected chi connectivity index (χ2v) is 5.48. The van der Waals surface area contributed by atoms with Crippen LogP contribution in [0.1, 0.15) is 36.2 Å². The van der Waals surface area contributed by atoms with E-state index in [2.05, 4.69) is 22.4 Å². The number of methoxy groups -OCH3 is 1. The first-order valence-electron chi connectivity index (χ1n) is 5.85. The van der Waals surface area contributed by atoms with Crippen LogP contribution >= 0.6 is 11.3 Å². The average molecular weight is 241 g/mol. The summed E-state index contributed by atoms with van der Waals surface area (Å²) in [5.74, 6) is 0. The van der Waals surface area contributed by atoms with E-state index >= 15 is 0 Å². The van der Waals surface area contributed by atoms with E-state index in [4.69, 9.17) is 4.74 Å². The summed E-state index contributed by atoms with van der Waals surface area (Å²) in [6.07, 6.45) is 4.92. The van der Waals surface area contributed by atoms with Crippen molar-refractivity contribution in [3.63, 3.8) is 0 Å². The molecule has 0 radical (unpaired) electrons. The van der Waals surface area contributed by atoms with Gasteiger partial charge in [-0.2, -0.15) is 0 Å². The number of rotatable bonds is 7. The van der Waals surface area contributed by atoms with Gasteiger partial charge in [0.15, 0.2) is 0 Å². The second-order valence-electron chi connectivity index (χ2n) is 4.33. The Bertz CT molecular complexity index is 325. The zero-order valence-electron chi connectivity index (χ0n) is 9.90. The Kier molecular flexibility index (Phi) is 4.26. The van der Waals surface area contributed by atoms with E-state index in [0.29, 0.717) is 6.10 Å². The first-order valence-corrected chi connectivity index (χ1v) is 6.67. The summed E-state index contributed by atoms with van der Waals surface area (Å²) in [4.78, 5) is 0. The molecule has 0 bridgehead atoms. The molecule has 4 nitrogen and oxygen atoms in total. The summed E-state index contributed by atoms with van der Waals surface area (Å²) in [6.45, 7) is 2.96. The van der Waals surface area contributed by atoms with Crippen LogP contribution in [-0.2, 0) is 17.7 Å². The highest BCUT2D eigenvalue weighted by Gasteiger charge is 2.20.